The molecular weight excluding hydrogens is 295 g/mol. The fourth-order valence-corrected chi connectivity index (χ4v) is 1.70. The second-order valence-corrected chi connectivity index (χ2v) is 4.19. The zero-order valence-electron chi connectivity index (χ0n) is 11.4. The first kappa shape index (κ1) is 17.8. The number of ether oxygens (including phenoxy) is 1. The van der Waals surface area contributed by atoms with Gasteiger partial charge in [-0.1, -0.05) is 12.1 Å². The summed E-state index contributed by atoms with van der Waals surface area (Å²) < 4.78 is 44.4. The molecule has 0 amide bonds. The van der Waals surface area contributed by atoms with Gasteiger partial charge in [-0.25, -0.2) is 0 Å². The Morgan fingerprint density at radius 1 is 1.15 bits per heavy atom. The molecule has 0 N–H and O–H groups in total. The quantitative estimate of drug-likeness (QED) is 0.670. The van der Waals surface area contributed by atoms with Crippen LogP contribution in [0.4, 0.5) is 12.9 Å². The van der Waals surface area contributed by atoms with Crippen LogP contribution in [0, 0.1) is 0 Å². The van der Waals surface area contributed by atoms with Crippen molar-refractivity contribution in [1.29, 1.82) is 0 Å². The Hall–Kier alpha value is -0.279. The maximum Gasteiger partial charge on any atom is 1.00 e. The first-order valence-electron chi connectivity index (χ1n) is 5.86. The summed E-state index contributed by atoms with van der Waals surface area (Å²) in [6.45, 7) is -4.54. The molecule has 8 heteroatoms. The SMILES string of the molecule is Cn1nccc1CCOc1ccc([B-](F)(F)F)cc1.[K+]. The molecule has 0 aliphatic rings. The molecule has 2 aromatic rings. The fraction of sp³-hybridized carbons (Fsp3) is 0.250. The first-order chi connectivity index (χ1) is 8.97. The number of aromatic nitrogens is 2. The monoisotopic (exact) mass is 308 g/mol. The minimum atomic E-state index is -4.94. The van der Waals surface area contributed by atoms with Gasteiger partial charge in [0.2, 0.25) is 0 Å². The minimum absolute atomic E-state index is 0. The molecule has 1 heterocycles. The van der Waals surface area contributed by atoms with E-state index in [9.17, 15) is 12.9 Å². The van der Waals surface area contributed by atoms with E-state index in [1.54, 1.807) is 10.9 Å². The number of rotatable bonds is 5. The molecule has 0 bridgehead atoms. The van der Waals surface area contributed by atoms with E-state index >= 15 is 0 Å². The third-order valence-electron chi connectivity index (χ3n) is 2.81. The molecular formula is C12H13BF3KN2O. The van der Waals surface area contributed by atoms with Gasteiger partial charge < -0.3 is 17.7 Å². The Morgan fingerprint density at radius 3 is 2.30 bits per heavy atom. The van der Waals surface area contributed by atoms with Gasteiger partial charge in [-0.05, 0) is 18.2 Å². The minimum Gasteiger partial charge on any atom is -0.493 e. The molecule has 0 aliphatic carbocycles. The average molecular weight is 308 g/mol. The molecule has 1 aromatic carbocycles. The molecule has 0 aliphatic heterocycles. The third-order valence-corrected chi connectivity index (χ3v) is 2.81. The Labute approximate surface area is 158 Å². The van der Waals surface area contributed by atoms with E-state index in [4.69, 9.17) is 4.74 Å². The summed E-state index contributed by atoms with van der Waals surface area (Å²) in [4.78, 5) is 0. The van der Waals surface area contributed by atoms with Gasteiger partial charge in [-0.3, -0.25) is 4.68 Å². The third kappa shape index (κ3) is 4.92. The van der Waals surface area contributed by atoms with Crippen molar-refractivity contribution >= 4 is 12.4 Å². The van der Waals surface area contributed by atoms with Crippen LogP contribution in [0.2, 0.25) is 0 Å². The Kier molecular flexibility index (Phi) is 6.80. The van der Waals surface area contributed by atoms with Crippen molar-refractivity contribution in [2.45, 2.75) is 6.42 Å². The predicted octanol–water partition coefficient (Wildman–Crippen LogP) is -0.900. The van der Waals surface area contributed by atoms with Crippen LogP contribution in [0.15, 0.2) is 36.5 Å². The van der Waals surface area contributed by atoms with Crippen molar-refractivity contribution in [2.24, 2.45) is 7.05 Å². The van der Waals surface area contributed by atoms with Crippen molar-refractivity contribution in [3.8, 4) is 5.75 Å². The standard InChI is InChI=1S/C12H13BF3N2O.K/c1-18-11(6-8-17-18)7-9-19-12-4-2-10(3-5-12)13(14,15)16;/h2-6,8H,7,9H2,1H3;/q-1;+1. The molecule has 0 saturated heterocycles. The smallest absolute Gasteiger partial charge is 0.493 e. The van der Waals surface area contributed by atoms with E-state index in [0.29, 0.717) is 18.8 Å². The van der Waals surface area contributed by atoms with Crippen LogP contribution in [-0.4, -0.2) is 23.4 Å². The van der Waals surface area contributed by atoms with Gasteiger partial charge >= 0.3 is 58.4 Å². The van der Waals surface area contributed by atoms with Gasteiger partial charge in [0.25, 0.3) is 0 Å². The normalized spacial score (nSPS) is 11.0. The van der Waals surface area contributed by atoms with Crippen molar-refractivity contribution in [3.63, 3.8) is 0 Å². The van der Waals surface area contributed by atoms with Crippen LogP contribution in [-0.2, 0) is 13.5 Å². The molecule has 0 atom stereocenters. The zero-order valence-corrected chi connectivity index (χ0v) is 14.5. The molecule has 0 spiro atoms. The average Bonchev–Trinajstić information content (AvgIpc) is 2.75. The summed E-state index contributed by atoms with van der Waals surface area (Å²) in [5, 5.41) is 4.02. The zero-order chi connectivity index (χ0) is 13.9. The Morgan fingerprint density at radius 2 is 1.80 bits per heavy atom. The number of halogens is 3. The maximum absolute atomic E-state index is 12.4. The fourth-order valence-electron chi connectivity index (χ4n) is 1.70. The van der Waals surface area contributed by atoms with Crippen LogP contribution in [0.5, 0.6) is 5.75 Å². The molecule has 1 aromatic heterocycles. The van der Waals surface area contributed by atoms with Crippen LogP contribution in [0.3, 0.4) is 0 Å². The molecule has 0 radical (unpaired) electrons. The van der Waals surface area contributed by atoms with Crippen LogP contribution < -0.4 is 61.6 Å². The van der Waals surface area contributed by atoms with E-state index in [1.165, 1.54) is 12.1 Å². The Balaban J connectivity index is 0.00000200. The van der Waals surface area contributed by atoms with Gasteiger partial charge in [0.15, 0.2) is 0 Å². The Bertz CT molecular complexity index is 542. The molecule has 0 unspecified atom stereocenters. The van der Waals surface area contributed by atoms with Gasteiger partial charge in [-0.2, -0.15) is 5.10 Å². The van der Waals surface area contributed by atoms with Crippen LogP contribution in [0.1, 0.15) is 5.69 Å². The van der Waals surface area contributed by atoms with Crippen LogP contribution in [0.25, 0.3) is 0 Å². The molecule has 0 fully saturated rings. The van der Waals surface area contributed by atoms with E-state index < -0.39 is 12.4 Å². The van der Waals surface area contributed by atoms with Crippen molar-refractivity contribution in [2.75, 3.05) is 6.61 Å². The van der Waals surface area contributed by atoms with Crippen molar-refractivity contribution in [3.05, 3.63) is 42.2 Å². The number of aryl methyl sites for hydroxylation is 1. The second-order valence-electron chi connectivity index (χ2n) is 4.19. The molecule has 20 heavy (non-hydrogen) atoms. The van der Waals surface area contributed by atoms with Crippen molar-refractivity contribution < 1.29 is 69.1 Å². The van der Waals surface area contributed by atoms with Crippen LogP contribution >= 0.6 is 0 Å². The van der Waals surface area contributed by atoms with Gasteiger partial charge in [0.05, 0.1) is 6.61 Å². The van der Waals surface area contributed by atoms with Gasteiger partial charge in [0.1, 0.15) is 5.75 Å². The summed E-state index contributed by atoms with van der Waals surface area (Å²) >= 11 is 0. The predicted molar refractivity (Wildman–Crippen MR) is 67.6 cm³/mol. The van der Waals surface area contributed by atoms with E-state index in [-0.39, 0.29) is 51.4 Å². The number of nitrogens with zero attached hydrogens (tertiary/aromatic N) is 2. The summed E-state index contributed by atoms with van der Waals surface area (Å²) in [5.41, 5.74) is 0.397. The summed E-state index contributed by atoms with van der Waals surface area (Å²) in [6, 6.07) is 6.64. The largest absolute Gasteiger partial charge is 1.00 e. The van der Waals surface area contributed by atoms with Gasteiger partial charge in [0, 0.05) is 25.4 Å². The molecule has 102 valence electrons. The topological polar surface area (TPSA) is 27.1 Å². The maximum atomic E-state index is 12.4. The second kappa shape index (κ2) is 7.65. The van der Waals surface area contributed by atoms with E-state index in [0.717, 1.165) is 17.8 Å². The molecule has 0 saturated carbocycles. The first-order valence-corrected chi connectivity index (χ1v) is 5.86. The summed E-state index contributed by atoms with van der Waals surface area (Å²) in [5.74, 6) is 0.436. The van der Waals surface area contributed by atoms with Gasteiger partial charge in [-0.15, -0.1) is 5.46 Å². The number of hydrogen-bond acceptors (Lipinski definition) is 2. The molecule has 2 rings (SSSR count). The number of hydrogen-bond donors (Lipinski definition) is 0. The van der Waals surface area contributed by atoms with E-state index in [2.05, 4.69) is 5.10 Å². The number of benzene rings is 1. The molecule has 3 nitrogen and oxygen atoms in total. The summed E-state index contributed by atoms with van der Waals surface area (Å²) in [6.07, 6.45) is 2.34. The van der Waals surface area contributed by atoms with E-state index in [1.807, 2.05) is 13.1 Å². The summed E-state index contributed by atoms with van der Waals surface area (Å²) in [7, 11) is 1.83. The van der Waals surface area contributed by atoms with Crippen molar-refractivity contribution in [1.82, 2.24) is 9.78 Å².